The Kier molecular flexibility index (Phi) is 7.69. The number of thiol groups is 1. The number of aliphatic hydroxyl groups is 2. The summed E-state index contributed by atoms with van der Waals surface area (Å²) in [7, 11) is 0. The largest absolute Gasteiger partial charge is 0.479 e. The van der Waals surface area contributed by atoms with Crippen LogP contribution in [0.1, 0.15) is 20.3 Å². The number of carbonyl (C=O) groups is 3. The van der Waals surface area contributed by atoms with Gasteiger partial charge in [-0.15, -0.1) is 0 Å². The van der Waals surface area contributed by atoms with Gasteiger partial charge in [-0.25, -0.2) is 4.79 Å². The summed E-state index contributed by atoms with van der Waals surface area (Å²) in [5, 5.41) is 33.1. The topological polar surface area (TPSA) is 136 Å². The van der Waals surface area contributed by atoms with Crippen molar-refractivity contribution in [2.75, 3.05) is 25.4 Å². The molecule has 0 aromatic rings. The van der Waals surface area contributed by atoms with Gasteiger partial charge >= 0.3 is 5.97 Å². The molecule has 0 aliphatic carbocycles. The third kappa shape index (κ3) is 4.87. The molecule has 0 aliphatic rings. The molecule has 0 fully saturated rings. The fourth-order valence-electron chi connectivity index (χ4n) is 1.51. The second-order valence-electron chi connectivity index (χ2n) is 5.14. The van der Waals surface area contributed by atoms with Crippen LogP contribution in [0.5, 0.6) is 0 Å². The van der Waals surface area contributed by atoms with Crippen molar-refractivity contribution in [2.24, 2.45) is 5.41 Å². The maximum absolute atomic E-state index is 11.9. The lowest BCUT2D eigenvalue weighted by atomic mass is 9.74. The molecule has 0 saturated carbocycles. The van der Waals surface area contributed by atoms with Crippen LogP contribution in [0.4, 0.5) is 0 Å². The number of carboxylic acid groups (broad SMARTS) is 1. The number of carboxylic acids is 1. The number of hydrogen-bond donors (Lipinski definition) is 6. The lowest BCUT2D eigenvalue weighted by Gasteiger charge is -2.36. The van der Waals surface area contributed by atoms with E-state index in [0.717, 1.165) is 0 Å². The minimum absolute atomic E-state index is 0.0607. The van der Waals surface area contributed by atoms with Gasteiger partial charge < -0.3 is 26.0 Å². The molecule has 0 aromatic heterocycles. The Labute approximate surface area is 128 Å². The van der Waals surface area contributed by atoms with Crippen LogP contribution in [0.25, 0.3) is 0 Å². The maximum Gasteiger partial charge on any atom is 0.346 e. The Balaban J connectivity index is 4.67. The van der Waals surface area contributed by atoms with Crippen LogP contribution in [0.15, 0.2) is 0 Å². The molecule has 0 saturated heterocycles. The van der Waals surface area contributed by atoms with Crippen LogP contribution in [0.2, 0.25) is 0 Å². The summed E-state index contributed by atoms with van der Waals surface area (Å²) in [5.41, 5.74) is -4.37. The smallest absolute Gasteiger partial charge is 0.346 e. The predicted octanol–water partition coefficient (Wildman–Crippen LogP) is -1.63. The maximum atomic E-state index is 11.9. The van der Waals surface area contributed by atoms with E-state index in [1.807, 2.05) is 0 Å². The Hall–Kier alpha value is -1.32. The van der Waals surface area contributed by atoms with Crippen molar-refractivity contribution in [1.82, 2.24) is 10.6 Å². The zero-order valence-electron chi connectivity index (χ0n) is 12.0. The SMILES string of the molecule is CC(C)(CO)[C@](O)(C(=O)O)C(=O)NCCC(=O)NCCS. The molecule has 1 atom stereocenters. The molecule has 0 heterocycles. The highest BCUT2D eigenvalue weighted by Gasteiger charge is 2.56. The predicted molar refractivity (Wildman–Crippen MR) is 77.9 cm³/mol. The van der Waals surface area contributed by atoms with Gasteiger partial charge in [-0.2, -0.15) is 12.6 Å². The average Bonchev–Trinajstić information content (AvgIpc) is 2.43. The summed E-state index contributed by atoms with van der Waals surface area (Å²) in [6, 6.07) is 0. The van der Waals surface area contributed by atoms with Gasteiger partial charge in [0.15, 0.2) is 0 Å². The second-order valence-corrected chi connectivity index (χ2v) is 5.58. The quantitative estimate of drug-likeness (QED) is 0.223. The van der Waals surface area contributed by atoms with Gasteiger partial charge in [-0.1, -0.05) is 13.8 Å². The van der Waals surface area contributed by atoms with Gasteiger partial charge in [0.25, 0.3) is 5.91 Å². The van der Waals surface area contributed by atoms with Crippen molar-refractivity contribution < 1.29 is 29.7 Å². The standard InChI is InChI=1S/C12H22N2O6S/c1-11(2,7-15)12(20,10(18)19)9(17)14-4-3-8(16)13-5-6-21/h15,20-21H,3-7H2,1-2H3,(H,13,16)(H,14,17)(H,18,19)/t12-/m1/s1. The number of aliphatic hydroxyl groups excluding tert-OH is 1. The normalized spacial score (nSPS) is 14.1. The van der Waals surface area contributed by atoms with E-state index >= 15 is 0 Å². The van der Waals surface area contributed by atoms with Crippen molar-refractivity contribution in [3.8, 4) is 0 Å². The van der Waals surface area contributed by atoms with Crippen LogP contribution in [-0.2, 0) is 14.4 Å². The number of carbonyl (C=O) groups excluding carboxylic acids is 2. The first-order valence-corrected chi connectivity index (χ1v) is 6.99. The first-order chi connectivity index (χ1) is 9.63. The summed E-state index contributed by atoms with van der Waals surface area (Å²) < 4.78 is 0. The summed E-state index contributed by atoms with van der Waals surface area (Å²) in [4.78, 5) is 34.4. The van der Waals surface area contributed by atoms with Crippen LogP contribution >= 0.6 is 12.6 Å². The van der Waals surface area contributed by atoms with Crippen LogP contribution in [0, 0.1) is 5.41 Å². The molecular formula is C12H22N2O6S. The fraction of sp³-hybridized carbons (Fsp3) is 0.750. The van der Waals surface area contributed by atoms with E-state index < -0.39 is 29.5 Å². The zero-order valence-corrected chi connectivity index (χ0v) is 12.9. The van der Waals surface area contributed by atoms with Crippen molar-refractivity contribution in [1.29, 1.82) is 0 Å². The molecule has 2 amide bonds. The molecule has 21 heavy (non-hydrogen) atoms. The number of nitrogens with one attached hydrogen (secondary N) is 2. The summed E-state index contributed by atoms with van der Waals surface area (Å²) in [6.45, 7) is 2.05. The summed E-state index contributed by atoms with van der Waals surface area (Å²) in [6.07, 6.45) is -0.0607. The third-order valence-electron chi connectivity index (χ3n) is 3.08. The molecule has 0 bridgehead atoms. The molecule has 5 N–H and O–H groups in total. The molecule has 122 valence electrons. The number of aliphatic carboxylic acids is 1. The molecule has 0 radical (unpaired) electrons. The number of hydrogen-bond acceptors (Lipinski definition) is 6. The van der Waals surface area contributed by atoms with Gasteiger partial charge in [0.1, 0.15) is 0 Å². The van der Waals surface area contributed by atoms with Crippen LogP contribution in [0.3, 0.4) is 0 Å². The van der Waals surface area contributed by atoms with E-state index in [9.17, 15) is 19.5 Å². The summed E-state index contributed by atoms with van der Waals surface area (Å²) >= 11 is 3.92. The molecule has 0 spiro atoms. The molecular weight excluding hydrogens is 300 g/mol. The molecule has 0 unspecified atom stereocenters. The van der Waals surface area contributed by atoms with Gasteiger partial charge in [-0.05, 0) is 0 Å². The average molecular weight is 322 g/mol. The monoisotopic (exact) mass is 322 g/mol. The van der Waals surface area contributed by atoms with E-state index in [2.05, 4.69) is 23.3 Å². The molecule has 0 rings (SSSR count). The fourth-order valence-corrected chi connectivity index (χ4v) is 1.62. The highest BCUT2D eigenvalue weighted by atomic mass is 32.1. The van der Waals surface area contributed by atoms with E-state index in [-0.39, 0.29) is 18.9 Å². The summed E-state index contributed by atoms with van der Waals surface area (Å²) in [5.74, 6) is -2.79. The Bertz CT molecular complexity index is 401. The van der Waals surface area contributed by atoms with Crippen LogP contribution < -0.4 is 10.6 Å². The van der Waals surface area contributed by atoms with Gasteiger partial charge in [-0.3, -0.25) is 9.59 Å². The van der Waals surface area contributed by atoms with Crippen molar-refractivity contribution >= 4 is 30.4 Å². The lowest BCUT2D eigenvalue weighted by Crippen LogP contribution is -2.62. The van der Waals surface area contributed by atoms with Gasteiger partial charge in [0.2, 0.25) is 11.5 Å². The Morgan fingerprint density at radius 1 is 1.14 bits per heavy atom. The highest BCUT2D eigenvalue weighted by Crippen LogP contribution is 2.31. The Morgan fingerprint density at radius 3 is 2.14 bits per heavy atom. The van der Waals surface area contributed by atoms with Gasteiger partial charge in [0, 0.05) is 30.7 Å². The van der Waals surface area contributed by atoms with Crippen molar-refractivity contribution in [3.05, 3.63) is 0 Å². The molecule has 8 nitrogen and oxygen atoms in total. The van der Waals surface area contributed by atoms with Crippen molar-refractivity contribution in [3.63, 3.8) is 0 Å². The van der Waals surface area contributed by atoms with E-state index in [4.69, 9.17) is 10.2 Å². The zero-order chi connectivity index (χ0) is 16.7. The second kappa shape index (κ2) is 8.20. The van der Waals surface area contributed by atoms with E-state index in [1.165, 1.54) is 13.8 Å². The van der Waals surface area contributed by atoms with Crippen LogP contribution in [-0.4, -0.2) is 64.2 Å². The third-order valence-corrected chi connectivity index (χ3v) is 3.31. The molecule has 0 aromatic carbocycles. The molecule has 9 heteroatoms. The van der Waals surface area contributed by atoms with Crippen molar-refractivity contribution in [2.45, 2.75) is 25.9 Å². The Morgan fingerprint density at radius 2 is 1.71 bits per heavy atom. The minimum Gasteiger partial charge on any atom is -0.479 e. The lowest BCUT2D eigenvalue weighted by molar-refractivity contribution is -0.183. The minimum atomic E-state index is -2.79. The first-order valence-electron chi connectivity index (χ1n) is 6.36. The molecule has 0 aliphatic heterocycles. The van der Waals surface area contributed by atoms with E-state index in [1.54, 1.807) is 0 Å². The highest BCUT2D eigenvalue weighted by molar-refractivity contribution is 7.80. The van der Waals surface area contributed by atoms with Gasteiger partial charge in [0.05, 0.1) is 6.61 Å². The number of rotatable bonds is 9. The van der Waals surface area contributed by atoms with E-state index in [0.29, 0.717) is 12.3 Å². The number of amides is 2. The first kappa shape index (κ1) is 19.7.